The molecule has 3 atom stereocenters. The molecule has 0 aromatic rings. The number of aliphatic carboxylic acids is 1. The molecule has 1 aliphatic rings. The van der Waals surface area contributed by atoms with Crippen LogP contribution in [0.15, 0.2) is 0 Å². The SMILES string of the molecule is CCC(C)(NC(=O)N1CCSC(C)C1C)C(=O)O. The lowest BCUT2D eigenvalue weighted by molar-refractivity contribution is -0.143. The Hall–Kier alpha value is -0.910. The maximum absolute atomic E-state index is 12.2. The second-order valence-electron chi connectivity index (χ2n) is 4.93. The molecule has 1 fully saturated rings. The van der Waals surface area contributed by atoms with E-state index in [1.54, 1.807) is 18.7 Å². The summed E-state index contributed by atoms with van der Waals surface area (Å²) in [6.07, 6.45) is 0.362. The molecule has 0 saturated carbocycles. The van der Waals surface area contributed by atoms with Crippen molar-refractivity contribution in [1.82, 2.24) is 10.2 Å². The smallest absolute Gasteiger partial charge is 0.329 e. The Morgan fingerprint density at radius 2 is 2.11 bits per heavy atom. The van der Waals surface area contributed by atoms with Gasteiger partial charge in [-0.3, -0.25) is 0 Å². The standard InChI is InChI=1S/C12H22N2O3S/c1-5-12(4,10(15)16)13-11(17)14-6-7-18-9(3)8(14)2/h8-9H,5-7H2,1-4H3,(H,13,17)(H,15,16). The number of nitrogens with zero attached hydrogens (tertiary/aromatic N) is 1. The predicted octanol–water partition coefficient (Wildman–Crippen LogP) is 1.78. The molecular weight excluding hydrogens is 252 g/mol. The molecule has 2 N–H and O–H groups in total. The van der Waals surface area contributed by atoms with Crippen LogP contribution in [0.2, 0.25) is 0 Å². The molecule has 1 heterocycles. The fourth-order valence-corrected chi connectivity index (χ4v) is 2.92. The second kappa shape index (κ2) is 5.82. The first-order valence-corrected chi connectivity index (χ1v) is 7.30. The average Bonchev–Trinajstić information content (AvgIpc) is 2.32. The van der Waals surface area contributed by atoms with Gasteiger partial charge in [-0.2, -0.15) is 11.8 Å². The molecular formula is C12H22N2O3S. The molecule has 1 rings (SSSR count). The monoisotopic (exact) mass is 274 g/mol. The summed E-state index contributed by atoms with van der Waals surface area (Å²) in [5.41, 5.74) is -1.19. The van der Waals surface area contributed by atoms with E-state index in [0.29, 0.717) is 18.2 Å². The number of hydrogen-bond acceptors (Lipinski definition) is 3. The van der Waals surface area contributed by atoms with E-state index < -0.39 is 11.5 Å². The van der Waals surface area contributed by atoms with Crippen LogP contribution >= 0.6 is 11.8 Å². The minimum Gasteiger partial charge on any atom is -0.480 e. The van der Waals surface area contributed by atoms with Crippen molar-refractivity contribution in [1.29, 1.82) is 0 Å². The Labute approximate surface area is 112 Å². The number of rotatable bonds is 3. The highest BCUT2D eigenvalue weighted by Crippen LogP contribution is 2.24. The molecule has 5 nitrogen and oxygen atoms in total. The zero-order chi connectivity index (χ0) is 13.9. The number of thioether (sulfide) groups is 1. The lowest BCUT2D eigenvalue weighted by Crippen LogP contribution is -2.59. The lowest BCUT2D eigenvalue weighted by Gasteiger charge is -2.39. The Kier molecular flexibility index (Phi) is 4.90. The van der Waals surface area contributed by atoms with Gasteiger partial charge >= 0.3 is 12.0 Å². The first-order chi connectivity index (χ1) is 8.31. The van der Waals surface area contributed by atoms with Crippen LogP contribution in [0, 0.1) is 0 Å². The molecule has 6 heteroatoms. The number of carboxylic acid groups (broad SMARTS) is 1. The molecule has 1 aliphatic heterocycles. The Morgan fingerprint density at radius 1 is 1.50 bits per heavy atom. The number of carboxylic acids is 1. The first kappa shape index (κ1) is 15.1. The summed E-state index contributed by atoms with van der Waals surface area (Å²) in [5.74, 6) is -0.0973. The normalized spacial score (nSPS) is 27.4. The van der Waals surface area contributed by atoms with Gasteiger partial charge < -0.3 is 15.3 Å². The third kappa shape index (κ3) is 3.10. The molecule has 0 aromatic heterocycles. The third-order valence-electron chi connectivity index (χ3n) is 3.71. The van der Waals surface area contributed by atoms with Crippen molar-refractivity contribution >= 4 is 23.8 Å². The van der Waals surface area contributed by atoms with Crippen LogP contribution in [-0.4, -0.2) is 51.1 Å². The van der Waals surface area contributed by atoms with Gasteiger partial charge in [-0.1, -0.05) is 13.8 Å². The number of amides is 2. The van der Waals surface area contributed by atoms with E-state index >= 15 is 0 Å². The molecule has 0 aliphatic carbocycles. The van der Waals surface area contributed by atoms with Crippen molar-refractivity contribution in [2.45, 2.75) is 50.9 Å². The van der Waals surface area contributed by atoms with Crippen LogP contribution in [0.1, 0.15) is 34.1 Å². The van der Waals surface area contributed by atoms with Crippen LogP contribution in [0.4, 0.5) is 4.79 Å². The summed E-state index contributed by atoms with van der Waals surface area (Å²) in [7, 11) is 0. The van der Waals surface area contributed by atoms with Crippen LogP contribution in [0.25, 0.3) is 0 Å². The maximum atomic E-state index is 12.2. The Morgan fingerprint density at radius 3 is 2.61 bits per heavy atom. The predicted molar refractivity (Wildman–Crippen MR) is 73.0 cm³/mol. The quantitative estimate of drug-likeness (QED) is 0.823. The zero-order valence-electron chi connectivity index (χ0n) is 11.4. The van der Waals surface area contributed by atoms with Crippen LogP contribution in [0.3, 0.4) is 0 Å². The van der Waals surface area contributed by atoms with E-state index in [2.05, 4.69) is 12.2 Å². The highest BCUT2D eigenvalue weighted by molar-refractivity contribution is 8.00. The fourth-order valence-electron chi connectivity index (χ4n) is 1.82. The summed E-state index contributed by atoms with van der Waals surface area (Å²) in [5, 5.41) is 12.2. The van der Waals surface area contributed by atoms with Crippen LogP contribution < -0.4 is 5.32 Å². The van der Waals surface area contributed by atoms with Crippen molar-refractivity contribution in [3.05, 3.63) is 0 Å². The van der Waals surface area contributed by atoms with Crippen LogP contribution in [-0.2, 0) is 4.79 Å². The first-order valence-electron chi connectivity index (χ1n) is 6.25. The van der Waals surface area contributed by atoms with E-state index in [9.17, 15) is 9.59 Å². The molecule has 1 saturated heterocycles. The maximum Gasteiger partial charge on any atom is 0.329 e. The summed E-state index contributed by atoms with van der Waals surface area (Å²) in [6.45, 7) is 8.05. The fraction of sp³-hybridized carbons (Fsp3) is 0.833. The zero-order valence-corrected chi connectivity index (χ0v) is 12.2. The van der Waals surface area contributed by atoms with Gasteiger partial charge in [0, 0.05) is 23.6 Å². The van der Waals surface area contributed by atoms with Crippen molar-refractivity contribution in [3.8, 4) is 0 Å². The van der Waals surface area contributed by atoms with Gasteiger partial charge in [-0.25, -0.2) is 9.59 Å². The molecule has 2 amide bonds. The molecule has 3 unspecified atom stereocenters. The number of nitrogens with one attached hydrogen (secondary N) is 1. The lowest BCUT2D eigenvalue weighted by atomic mass is 9.99. The second-order valence-corrected chi connectivity index (χ2v) is 6.42. The number of urea groups is 1. The molecule has 0 aromatic carbocycles. The van der Waals surface area contributed by atoms with Crippen molar-refractivity contribution in [3.63, 3.8) is 0 Å². The van der Waals surface area contributed by atoms with E-state index in [4.69, 9.17) is 5.11 Å². The Bertz CT molecular complexity index is 337. The van der Waals surface area contributed by atoms with Gasteiger partial charge in [0.25, 0.3) is 0 Å². The topological polar surface area (TPSA) is 69.6 Å². The van der Waals surface area contributed by atoms with Gasteiger partial charge in [0.15, 0.2) is 0 Å². The minimum absolute atomic E-state index is 0.124. The molecule has 104 valence electrons. The average molecular weight is 274 g/mol. The Balaban J connectivity index is 2.72. The number of carbonyl (C=O) groups excluding carboxylic acids is 1. The van der Waals surface area contributed by atoms with E-state index in [-0.39, 0.29) is 12.1 Å². The van der Waals surface area contributed by atoms with Gasteiger partial charge in [-0.15, -0.1) is 0 Å². The summed E-state index contributed by atoms with van der Waals surface area (Å²) in [6, 6.07) is -0.153. The summed E-state index contributed by atoms with van der Waals surface area (Å²) in [4.78, 5) is 25.1. The largest absolute Gasteiger partial charge is 0.480 e. The van der Waals surface area contributed by atoms with Gasteiger partial charge in [0.2, 0.25) is 0 Å². The van der Waals surface area contributed by atoms with Crippen molar-refractivity contribution in [2.24, 2.45) is 0 Å². The highest BCUT2D eigenvalue weighted by Gasteiger charge is 2.36. The van der Waals surface area contributed by atoms with Crippen molar-refractivity contribution in [2.75, 3.05) is 12.3 Å². The minimum atomic E-state index is -1.19. The van der Waals surface area contributed by atoms with Gasteiger partial charge in [0.1, 0.15) is 5.54 Å². The van der Waals surface area contributed by atoms with E-state index in [1.165, 1.54) is 0 Å². The molecule has 0 bridgehead atoms. The molecule has 0 spiro atoms. The summed E-state index contributed by atoms with van der Waals surface area (Å²) >= 11 is 1.84. The van der Waals surface area contributed by atoms with E-state index in [1.807, 2.05) is 18.7 Å². The van der Waals surface area contributed by atoms with Gasteiger partial charge in [0.05, 0.1) is 0 Å². The van der Waals surface area contributed by atoms with E-state index in [0.717, 1.165) is 5.75 Å². The number of carbonyl (C=O) groups is 2. The summed E-state index contributed by atoms with van der Waals surface area (Å²) < 4.78 is 0. The molecule has 18 heavy (non-hydrogen) atoms. The third-order valence-corrected chi connectivity index (χ3v) is 5.04. The van der Waals surface area contributed by atoms with Gasteiger partial charge in [-0.05, 0) is 20.3 Å². The van der Waals surface area contributed by atoms with Crippen molar-refractivity contribution < 1.29 is 14.7 Å². The number of hydrogen-bond donors (Lipinski definition) is 2. The molecule has 0 radical (unpaired) electrons. The highest BCUT2D eigenvalue weighted by atomic mass is 32.2. The van der Waals surface area contributed by atoms with Crippen LogP contribution in [0.5, 0.6) is 0 Å².